The predicted octanol–water partition coefficient (Wildman–Crippen LogP) is 3.30. The monoisotopic (exact) mass is 281 g/mol. The smallest absolute Gasteiger partial charge is 0.160 e. The fourth-order valence-electron chi connectivity index (χ4n) is 2.17. The van der Waals surface area contributed by atoms with Crippen LogP contribution in [0.15, 0.2) is 12.1 Å². The number of hydrogen-bond acceptors (Lipinski definition) is 3. The molecule has 0 saturated carbocycles. The molecule has 0 aliphatic heterocycles. The van der Waals surface area contributed by atoms with Gasteiger partial charge in [0, 0.05) is 26.0 Å². The minimum absolute atomic E-state index is 0.424. The Kier molecular flexibility index (Phi) is 5.16. The molecule has 0 bridgehead atoms. The van der Waals surface area contributed by atoms with E-state index in [1.54, 1.807) is 7.11 Å². The van der Waals surface area contributed by atoms with E-state index in [4.69, 9.17) is 16.3 Å². The zero-order chi connectivity index (χ0) is 13.7. The SMILES string of the molecule is COCCCCCn1c(CCl)nc2ccc(C)nc21. The van der Waals surface area contributed by atoms with Crippen molar-refractivity contribution in [3.05, 3.63) is 23.7 Å². The first-order chi connectivity index (χ1) is 9.26. The average Bonchev–Trinajstić information content (AvgIpc) is 2.76. The van der Waals surface area contributed by atoms with Crippen LogP contribution in [0.5, 0.6) is 0 Å². The van der Waals surface area contributed by atoms with Crippen molar-refractivity contribution < 1.29 is 4.74 Å². The van der Waals surface area contributed by atoms with Crippen LogP contribution < -0.4 is 0 Å². The third kappa shape index (κ3) is 3.45. The summed E-state index contributed by atoms with van der Waals surface area (Å²) < 4.78 is 7.20. The molecule has 0 saturated heterocycles. The van der Waals surface area contributed by atoms with Gasteiger partial charge in [0.15, 0.2) is 5.65 Å². The molecule has 2 heterocycles. The first-order valence-electron chi connectivity index (χ1n) is 6.64. The van der Waals surface area contributed by atoms with Crippen molar-refractivity contribution in [1.82, 2.24) is 14.5 Å². The predicted molar refractivity (Wildman–Crippen MR) is 77.5 cm³/mol. The maximum Gasteiger partial charge on any atom is 0.160 e. The molecule has 2 rings (SSSR count). The highest BCUT2D eigenvalue weighted by Crippen LogP contribution is 2.17. The second-order valence-corrected chi connectivity index (χ2v) is 4.93. The Morgan fingerprint density at radius 3 is 2.79 bits per heavy atom. The first kappa shape index (κ1) is 14.3. The largest absolute Gasteiger partial charge is 0.385 e. The number of alkyl halides is 1. The molecule has 19 heavy (non-hydrogen) atoms. The number of hydrogen-bond donors (Lipinski definition) is 0. The number of aryl methyl sites for hydroxylation is 2. The summed E-state index contributed by atoms with van der Waals surface area (Å²) in [4.78, 5) is 9.11. The zero-order valence-corrected chi connectivity index (χ0v) is 12.3. The van der Waals surface area contributed by atoms with Crippen LogP contribution in [0.4, 0.5) is 0 Å². The summed E-state index contributed by atoms with van der Waals surface area (Å²) in [6.45, 7) is 3.73. The van der Waals surface area contributed by atoms with Crippen LogP contribution in [-0.2, 0) is 17.2 Å². The number of pyridine rings is 1. The molecule has 4 nitrogen and oxygen atoms in total. The molecule has 0 atom stereocenters. The van der Waals surface area contributed by atoms with Crippen LogP contribution >= 0.6 is 11.6 Å². The highest BCUT2D eigenvalue weighted by molar-refractivity contribution is 6.16. The van der Waals surface area contributed by atoms with Gasteiger partial charge in [-0.05, 0) is 38.3 Å². The van der Waals surface area contributed by atoms with Crippen molar-refractivity contribution in [2.24, 2.45) is 0 Å². The fraction of sp³-hybridized carbons (Fsp3) is 0.571. The van der Waals surface area contributed by atoms with Gasteiger partial charge in [0.1, 0.15) is 11.3 Å². The lowest BCUT2D eigenvalue weighted by Gasteiger charge is -2.07. The fourth-order valence-corrected chi connectivity index (χ4v) is 2.38. The van der Waals surface area contributed by atoms with Gasteiger partial charge in [-0.25, -0.2) is 9.97 Å². The maximum absolute atomic E-state index is 5.97. The Labute approximate surface area is 118 Å². The third-order valence-electron chi connectivity index (χ3n) is 3.16. The standard InChI is InChI=1S/C14H20ClN3O/c1-11-6-7-12-14(16-11)18(13(10-15)17-12)8-4-3-5-9-19-2/h6-7H,3-5,8-10H2,1-2H3. The number of aromatic nitrogens is 3. The van der Waals surface area contributed by atoms with Gasteiger partial charge in [-0.2, -0.15) is 0 Å². The number of fused-ring (bicyclic) bond motifs is 1. The van der Waals surface area contributed by atoms with Gasteiger partial charge in [0.25, 0.3) is 0 Å². The minimum atomic E-state index is 0.424. The topological polar surface area (TPSA) is 39.9 Å². The molecule has 0 N–H and O–H groups in total. The molecule has 0 fully saturated rings. The Morgan fingerprint density at radius 2 is 2.05 bits per heavy atom. The van der Waals surface area contributed by atoms with Crippen LogP contribution in [0.3, 0.4) is 0 Å². The Balaban J connectivity index is 2.13. The van der Waals surface area contributed by atoms with Crippen molar-refractivity contribution in [1.29, 1.82) is 0 Å². The van der Waals surface area contributed by atoms with Gasteiger partial charge >= 0.3 is 0 Å². The summed E-state index contributed by atoms with van der Waals surface area (Å²) in [7, 11) is 1.74. The van der Waals surface area contributed by atoms with E-state index < -0.39 is 0 Å². The molecule has 0 radical (unpaired) electrons. The highest BCUT2D eigenvalue weighted by Gasteiger charge is 2.10. The molecule has 0 aliphatic rings. The summed E-state index contributed by atoms with van der Waals surface area (Å²) in [5, 5.41) is 0. The number of ether oxygens (including phenoxy) is 1. The van der Waals surface area contributed by atoms with Crippen LogP contribution in [0.25, 0.3) is 11.2 Å². The molecule has 0 aliphatic carbocycles. The lowest BCUT2D eigenvalue weighted by molar-refractivity contribution is 0.191. The maximum atomic E-state index is 5.97. The molecule has 2 aromatic rings. The van der Waals surface area contributed by atoms with E-state index >= 15 is 0 Å². The summed E-state index contributed by atoms with van der Waals surface area (Å²) >= 11 is 5.97. The molecule has 2 aromatic heterocycles. The lowest BCUT2D eigenvalue weighted by Crippen LogP contribution is -2.04. The Morgan fingerprint density at radius 1 is 1.21 bits per heavy atom. The number of halogens is 1. The Hall–Kier alpha value is -1.13. The van der Waals surface area contributed by atoms with Crippen LogP contribution in [0.1, 0.15) is 30.8 Å². The molecule has 0 amide bonds. The second kappa shape index (κ2) is 6.87. The van der Waals surface area contributed by atoms with Crippen molar-refractivity contribution in [2.75, 3.05) is 13.7 Å². The van der Waals surface area contributed by atoms with Crippen molar-refractivity contribution in [2.45, 2.75) is 38.6 Å². The number of nitrogens with zero attached hydrogens (tertiary/aromatic N) is 3. The number of imidazole rings is 1. The first-order valence-corrected chi connectivity index (χ1v) is 7.17. The van der Waals surface area contributed by atoms with Crippen molar-refractivity contribution in [3.63, 3.8) is 0 Å². The molecule has 104 valence electrons. The van der Waals surface area contributed by atoms with E-state index in [1.165, 1.54) is 0 Å². The highest BCUT2D eigenvalue weighted by atomic mass is 35.5. The van der Waals surface area contributed by atoms with Gasteiger partial charge in [0.2, 0.25) is 0 Å². The van der Waals surface area contributed by atoms with Crippen molar-refractivity contribution >= 4 is 22.8 Å². The van der Waals surface area contributed by atoms with Gasteiger partial charge in [-0.1, -0.05) is 0 Å². The van der Waals surface area contributed by atoms with Crippen LogP contribution in [0, 0.1) is 6.92 Å². The molecule has 0 aromatic carbocycles. The number of methoxy groups -OCH3 is 1. The lowest BCUT2D eigenvalue weighted by atomic mass is 10.2. The van der Waals surface area contributed by atoms with Gasteiger partial charge in [-0.3, -0.25) is 0 Å². The summed E-state index contributed by atoms with van der Waals surface area (Å²) in [5.41, 5.74) is 2.88. The van der Waals surface area contributed by atoms with E-state index in [1.807, 2.05) is 19.1 Å². The van der Waals surface area contributed by atoms with Gasteiger partial charge in [0.05, 0.1) is 5.88 Å². The quantitative estimate of drug-likeness (QED) is 0.577. The third-order valence-corrected chi connectivity index (χ3v) is 3.40. The van der Waals surface area contributed by atoms with E-state index in [-0.39, 0.29) is 0 Å². The number of unbranched alkanes of at least 4 members (excludes halogenated alkanes) is 2. The summed E-state index contributed by atoms with van der Waals surface area (Å²) in [6, 6.07) is 3.99. The molecular formula is C14H20ClN3O. The second-order valence-electron chi connectivity index (χ2n) is 4.66. The summed E-state index contributed by atoms with van der Waals surface area (Å²) in [5.74, 6) is 1.33. The molecule has 0 unspecified atom stereocenters. The molecule has 0 spiro atoms. The van der Waals surface area contributed by atoms with Crippen molar-refractivity contribution in [3.8, 4) is 0 Å². The average molecular weight is 282 g/mol. The van der Waals surface area contributed by atoms with E-state index in [0.717, 1.165) is 55.1 Å². The zero-order valence-electron chi connectivity index (χ0n) is 11.5. The van der Waals surface area contributed by atoms with Crippen LogP contribution in [-0.4, -0.2) is 28.3 Å². The summed E-state index contributed by atoms with van der Waals surface area (Å²) in [6.07, 6.45) is 3.32. The normalized spacial score (nSPS) is 11.3. The Bertz CT molecular complexity index is 539. The molecule has 5 heteroatoms. The van der Waals surface area contributed by atoms with E-state index in [2.05, 4.69) is 14.5 Å². The van der Waals surface area contributed by atoms with Gasteiger partial charge < -0.3 is 9.30 Å². The minimum Gasteiger partial charge on any atom is -0.385 e. The van der Waals surface area contributed by atoms with E-state index in [0.29, 0.717) is 5.88 Å². The number of rotatable bonds is 7. The molecular weight excluding hydrogens is 262 g/mol. The van der Waals surface area contributed by atoms with Gasteiger partial charge in [-0.15, -0.1) is 11.6 Å². The van der Waals surface area contributed by atoms with E-state index in [9.17, 15) is 0 Å². The van der Waals surface area contributed by atoms with Crippen LogP contribution in [0.2, 0.25) is 0 Å².